The molecule has 21 heavy (non-hydrogen) atoms. The largest absolute Gasteiger partial charge is 0.496 e. The molecule has 0 saturated carbocycles. The molecule has 2 rings (SSSR count). The number of ether oxygens (including phenoxy) is 1. The van der Waals surface area contributed by atoms with Gasteiger partial charge in [-0.1, -0.05) is 13.0 Å². The Kier molecular flexibility index (Phi) is 5.02. The zero-order chi connectivity index (χ0) is 15.4. The van der Waals surface area contributed by atoms with Gasteiger partial charge in [0.2, 0.25) is 0 Å². The predicted molar refractivity (Wildman–Crippen MR) is 85.9 cm³/mol. The second kappa shape index (κ2) is 6.76. The topological polar surface area (TPSA) is 39.1 Å². The van der Waals surface area contributed by atoms with Gasteiger partial charge in [-0.15, -0.1) is 0 Å². The maximum absolute atomic E-state index is 5.50. The first-order chi connectivity index (χ1) is 10.0. The zero-order valence-corrected chi connectivity index (χ0v) is 13.6. The lowest BCUT2D eigenvalue weighted by molar-refractivity contribution is 0.406. The first-order valence-electron chi connectivity index (χ1n) is 7.46. The van der Waals surface area contributed by atoms with Crippen molar-refractivity contribution in [2.24, 2.45) is 0 Å². The highest BCUT2D eigenvalue weighted by molar-refractivity contribution is 5.38. The molecule has 0 aliphatic rings. The molecule has 1 unspecified atom stereocenters. The van der Waals surface area contributed by atoms with E-state index in [-0.39, 0.29) is 0 Å². The first-order valence-corrected chi connectivity index (χ1v) is 7.46. The summed E-state index contributed by atoms with van der Waals surface area (Å²) in [6, 6.07) is 8.81. The van der Waals surface area contributed by atoms with Crippen molar-refractivity contribution >= 4 is 0 Å². The molecule has 4 nitrogen and oxygen atoms in total. The molecule has 0 aliphatic carbocycles. The minimum atomic E-state index is 0.333. The number of nitrogens with zero attached hydrogens (tertiary/aromatic N) is 2. The van der Waals surface area contributed by atoms with E-state index in [1.54, 1.807) is 7.11 Å². The van der Waals surface area contributed by atoms with Gasteiger partial charge in [0.05, 0.1) is 19.3 Å². The van der Waals surface area contributed by atoms with Gasteiger partial charge >= 0.3 is 0 Å². The lowest BCUT2D eigenvalue weighted by Gasteiger charge is -2.16. The monoisotopic (exact) mass is 287 g/mol. The fourth-order valence-electron chi connectivity index (χ4n) is 2.61. The van der Waals surface area contributed by atoms with Crippen LogP contribution >= 0.6 is 0 Å². The van der Waals surface area contributed by atoms with Crippen LogP contribution in [0, 0.1) is 13.8 Å². The molecule has 114 valence electrons. The molecular formula is C17H25N3O. The number of benzene rings is 1. The van der Waals surface area contributed by atoms with E-state index in [0.717, 1.165) is 30.1 Å². The average molecular weight is 287 g/mol. The molecule has 4 heteroatoms. The van der Waals surface area contributed by atoms with Crippen LogP contribution in [0.3, 0.4) is 0 Å². The van der Waals surface area contributed by atoms with E-state index in [0.29, 0.717) is 6.04 Å². The molecule has 0 bridgehead atoms. The summed E-state index contributed by atoms with van der Waals surface area (Å²) >= 11 is 0. The summed E-state index contributed by atoms with van der Waals surface area (Å²) in [6.45, 7) is 10.1. The molecule has 0 amide bonds. The van der Waals surface area contributed by atoms with Crippen LogP contribution in [-0.2, 0) is 6.54 Å². The maximum atomic E-state index is 5.50. The number of methoxy groups -OCH3 is 1. The smallest absolute Gasteiger partial charge is 0.123 e. The van der Waals surface area contributed by atoms with Crippen molar-refractivity contribution < 1.29 is 4.74 Å². The van der Waals surface area contributed by atoms with Gasteiger partial charge in [-0.3, -0.25) is 4.68 Å². The van der Waals surface area contributed by atoms with Crippen molar-refractivity contribution in [3.05, 3.63) is 46.8 Å². The van der Waals surface area contributed by atoms with Gasteiger partial charge in [0.25, 0.3) is 0 Å². The summed E-state index contributed by atoms with van der Waals surface area (Å²) in [7, 11) is 1.72. The number of aryl methyl sites for hydroxylation is 2. The van der Waals surface area contributed by atoms with Crippen LogP contribution in [0.25, 0.3) is 0 Å². The van der Waals surface area contributed by atoms with Crippen LogP contribution in [0.1, 0.15) is 42.4 Å². The lowest BCUT2D eigenvalue weighted by atomic mass is 10.0. The summed E-state index contributed by atoms with van der Waals surface area (Å²) in [4.78, 5) is 0. The number of aromatic nitrogens is 2. The lowest BCUT2D eigenvalue weighted by Crippen LogP contribution is -2.18. The molecule has 1 aromatic carbocycles. The van der Waals surface area contributed by atoms with E-state index in [1.165, 1.54) is 11.3 Å². The highest BCUT2D eigenvalue weighted by Crippen LogP contribution is 2.24. The average Bonchev–Trinajstić information content (AvgIpc) is 2.77. The minimum absolute atomic E-state index is 0.333. The molecule has 0 saturated heterocycles. The number of hydrogen-bond acceptors (Lipinski definition) is 3. The van der Waals surface area contributed by atoms with Gasteiger partial charge in [0.1, 0.15) is 5.75 Å². The summed E-state index contributed by atoms with van der Waals surface area (Å²) in [6.07, 6.45) is 0. The van der Waals surface area contributed by atoms with Gasteiger partial charge < -0.3 is 10.1 Å². The van der Waals surface area contributed by atoms with Gasteiger partial charge in [-0.25, -0.2) is 0 Å². The Morgan fingerprint density at radius 1 is 1.29 bits per heavy atom. The second-order valence-corrected chi connectivity index (χ2v) is 5.44. The first kappa shape index (κ1) is 15.6. The van der Waals surface area contributed by atoms with E-state index in [1.807, 2.05) is 17.7 Å². The van der Waals surface area contributed by atoms with Gasteiger partial charge in [0.15, 0.2) is 0 Å². The molecule has 1 atom stereocenters. The van der Waals surface area contributed by atoms with Crippen molar-refractivity contribution in [1.82, 2.24) is 15.1 Å². The SMILES string of the molecule is CCNC(C)c1ccc(OC)c(Cn2nc(C)cc2C)c1. The predicted octanol–water partition coefficient (Wildman–Crippen LogP) is 3.23. The van der Waals surface area contributed by atoms with Gasteiger partial charge in [0, 0.05) is 17.3 Å². The Morgan fingerprint density at radius 2 is 2.05 bits per heavy atom. The highest BCUT2D eigenvalue weighted by Gasteiger charge is 2.11. The Balaban J connectivity index is 2.31. The van der Waals surface area contributed by atoms with E-state index >= 15 is 0 Å². The third-order valence-corrected chi connectivity index (χ3v) is 3.74. The van der Waals surface area contributed by atoms with Gasteiger partial charge in [-0.05, 0) is 51.1 Å². The second-order valence-electron chi connectivity index (χ2n) is 5.44. The highest BCUT2D eigenvalue weighted by atomic mass is 16.5. The molecule has 0 radical (unpaired) electrons. The van der Waals surface area contributed by atoms with Crippen molar-refractivity contribution in [2.75, 3.05) is 13.7 Å². The minimum Gasteiger partial charge on any atom is -0.496 e. The standard InChI is InChI=1S/C17H25N3O/c1-6-18-14(4)15-7-8-17(21-5)16(10-15)11-20-13(3)9-12(2)19-20/h7-10,14,18H,6,11H2,1-5H3. The molecule has 1 aromatic heterocycles. The molecule has 0 fully saturated rings. The zero-order valence-electron chi connectivity index (χ0n) is 13.6. The Labute approximate surface area is 127 Å². The summed E-state index contributed by atoms with van der Waals surface area (Å²) < 4.78 is 7.52. The summed E-state index contributed by atoms with van der Waals surface area (Å²) in [5.74, 6) is 0.912. The Morgan fingerprint density at radius 3 is 2.62 bits per heavy atom. The van der Waals surface area contributed by atoms with Crippen LogP contribution in [-0.4, -0.2) is 23.4 Å². The third-order valence-electron chi connectivity index (χ3n) is 3.74. The summed E-state index contributed by atoms with van der Waals surface area (Å²) in [5.41, 5.74) is 4.64. The molecule has 0 aliphatic heterocycles. The van der Waals surface area contributed by atoms with E-state index in [9.17, 15) is 0 Å². The number of hydrogen-bond donors (Lipinski definition) is 1. The van der Waals surface area contributed by atoms with Crippen LogP contribution in [0.4, 0.5) is 0 Å². The normalized spacial score (nSPS) is 12.4. The van der Waals surface area contributed by atoms with Crippen LogP contribution in [0.5, 0.6) is 5.75 Å². The molecule has 1 N–H and O–H groups in total. The van der Waals surface area contributed by atoms with Crippen LogP contribution in [0.15, 0.2) is 24.3 Å². The van der Waals surface area contributed by atoms with Crippen molar-refractivity contribution in [2.45, 2.75) is 40.3 Å². The number of rotatable bonds is 6. The third kappa shape index (κ3) is 3.64. The van der Waals surface area contributed by atoms with Crippen LogP contribution in [0.2, 0.25) is 0 Å². The molecular weight excluding hydrogens is 262 g/mol. The number of nitrogens with one attached hydrogen (secondary N) is 1. The molecule has 0 spiro atoms. The van der Waals surface area contributed by atoms with Gasteiger partial charge in [-0.2, -0.15) is 5.10 Å². The van der Waals surface area contributed by atoms with Crippen molar-refractivity contribution in [3.8, 4) is 5.75 Å². The van der Waals surface area contributed by atoms with Crippen molar-refractivity contribution in [3.63, 3.8) is 0 Å². The Hall–Kier alpha value is -1.81. The van der Waals surface area contributed by atoms with E-state index in [4.69, 9.17) is 4.74 Å². The molecule has 1 heterocycles. The summed E-state index contributed by atoms with van der Waals surface area (Å²) in [5, 5.41) is 7.98. The fraction of sp³-hybridized carbons (Fsp3) is 0.471. The molecule has 2 aromatic rings. The van der Waals surface area contributed by atoms with E-state index in [2.05, 4.69) is 49.4 Å². The quantitative estimate of drug-likeness (QED) is 0.886. The van der Waals surface area contributed by atoms with E-state index < -0.39 is 0 Å². The fourth-order valence-corrected chi connectivity index (χ4v) is 2.61. The maximum Gasteiger partial charge on any atom is 0.123 e. The Bertz CT molecular complexity index is 604. The van der Waals surface area contributed by atoms with Crippen LogP contribution < -0.4 is 10.1 Å². The van der Waals surface area contributed by atoms with Crippen molar-refractivity contribution in [1.29, 1.82) is 0 Å².